The lowest BCUT2D eigenvalue weighted by Gasteiger charge is -2.07. The molecule has 68 valence electrons. The summed E-state index contributed by atoms with van der Waals surface area (Å²) in [5, 5.41) is 3.04. The van der Waals surface area contributed by atoms with E-state index in [1.54, 1.807) is 0 Å². The molecule has 0 saturated carbocycles. The molecule has 0 amide bonds. The molecule has 0 saturated heterocycles. The first-order chi connectivity index (χ1) is 5.70. The van der Waals surface area contributed by atoms with Crippen LogP contribution < -0.4 is 5.32 Å². The minimum atomic E-state index is -0.190. The van der Waals surface area contributed by atoms with E-state index in [2.05, 4.69) is 12.2 Å². The van der Waals surface area contributed by atoms with Gasteiger partial charge in [-0.2, -0.15) is 0 Å². The highest BCUT2D eigenvalue weighted by Crippen LogP contribution is 2.30. The lowest BCUT2D eigenvalue weighted by molar-refractivity contribution is -0.136. The van der Waals surface area contributed by atoms with Gasteiger partial charge >= 0.3 is 5.97 Å². The van der Waals surface area contributed by atoms with Crippen LogP contribution in [-0.4, -0.2) is 20.1 Å². The van der Waals surface area contributed by atoms with Gasteiger partial charge in [-0.15, -0.1) is 0 Å². The molecule has 0 radical (unpaired) electrons. The summed E-state index contributed by atoms with van der Waals surface area (Å²) in [6.07, 6.45) is 2.00. The molecule has 3 nitrogen and oxygen atoms in total. The zero-order valence-corrected chi connectivity index (χ0v) is 7.81. The number of hydrogen-bond donors (Lipinski definition) is 1. The van der Waals surface area contributed by atoms with E-state index in [-0.39, 0.29) is 5.97 Å². The van der Waals surface area contributed by atoms with Crippen LogP contribution in [-0.2, 0) is 9.53 Å². The Morgan fingerprint density at radius 3 is 2.83 bits per heavy atom. The Morgan fingerprint density at radius 1 is 1.67 bits per heavy atom. The molecular formula is C9H15NO2. The predicted molar refractivity (Wildman–Crippen MR) is 46.5 cm³/mol. The van der Waals surface area contributed by atoms with Gasteiger partial charge in [-0.05, 0) is 18.8 Å². The number of carbonyl (C=O) groups excluding carboxylic acids is 1. The summed E-state index contributed by atoms with van der Waals surface area (Å²) >= 11 is 0. The van der Waals surface area contributed by atoms with Crippen molar-refractivity contribution in [2.24, 2.45) is 5.92 Å². The Bertz CT molecular complexity index is 221. The summed E-state index contributed by atoms with van der Waals surface area (Å²) in [5.74, 6) is 0.143. The van der Waals surface area contributed by atoms with Gasteiger partial charge in [-0.3, -0.25) is 0 Å². The smallest absolute Gasteiger partial charge is 0.335 e. The maximum absolute atomic E-state index is 11.3. The minimum absolute atomic E-state index is 0.190. The molecule has 0 bridgehead atoms. The van der Waals surface area contributed by atoms with Crippen LogP contribution >= 0.6 is 0 Å². The van der Waals surface area contributed by atoms with Crippen LogP contribution in [0.4, 0.5) is 0 Å². The fraction of sp³-hybridized carbons (Fsp3) is 0.667. The van der Waals surface area contributed by atoms with Crippen molar-refractivity contribution in [2.75, 3.05) is 14.2 Å². The fourth-order valence-electron chi connectivity index (χ4n) is 1.63. The monoisotopic (exact) mass is 169 g/mol. The molecule has 1 N–H and O–H groups in total. The van der Waals surface area contributed by atoms with E-state index in [4.69, 9.17) is 4.74 Å². The van der Waals surface area contributed by atoms with Gasteiger partial charge < -0.3 is 10.1 Å². The van der Waals surface area contributed by atoms with Crippen LogP contribution in [0.25, 0.3) is 0 Å². The fourth-order valence-corrected chi connectivity index (χ4v) is 1.63. The summed E-state index contributed by atoms with van der Waals surface area (Å²) in [7, 11) is 3.27. The van der Waals surface area contributed by atoms with E-state index in [0.29, 0.717) is 5.92 Å². The first-order valence-corrected chi connectivity index (χ1v) is 4.19. The number of ether oxygens (including phenoxy) is 1. The normalized spacial score (nSPS) is 22.8. The molecule has 0 aromatic carbocycles. The molecule has 1 aliphatic carbocycles. The highest BCUT2D eigenvalue weighted by molar-refractivity contribution is 5.90. The SMILES string of the molecule is CNC1=C(C(=O)OC)C(C)CC1. The van der Waals surface area contributed by atoms with Crippen molar-refractivity contribution in [3.8, 4) is 0 Å². The molecule has 1 aliphatic rings. The number of hydrogen-bond acceptors (Lipinski definition) is 3. The Hall–Kier alpha value is -0.990. The van der Waals surface area contributed by atoms with E-state index in [1.807, 2.05) is 7.05 Å². The number of esters is 1. The topological polar surface area (TPSA) is 38.3 Å². The zero-order valence-electron chi connectivity index (χ0n) is 7.81. The lowest BCUT2D eigenvalue weighted by atomic mass is 10.0. The van der Waals surface area contributed by atoms with Crippen LogP contribution in [0, 0.1) is 5.92 Å². The van der Waals surface area contributed by atoms with Gasteiger partial charge in [0.25, 0.3) is 0 Å². The van der Waals surface area contributed by atoms with Gasteiger partial charge in [-0.1, -0.05) is 6.92 Å². The Kier molecular flexibility index (Phi) is 2.74. The van der Waals surface area contributed by atoms with Crippen molar-refractivity contribution in [3.05, 3.63) is 11.3 Å². The van der Waals surface area contributed by atoms with E-state index in [1.165, 1.54) is 7.11 Å². The quantitative estimate of drug-likeness (QED) is 0.628. The molecular weight excluding hydrogens is 154 g/mol. The molecule has 0 spiro atoms. The van der Waals surface area contributed by atoms with Gasteiger partial charge in [0.05, 0.1) is 12.7 Å². The van der Waals surface area contributed by atoms with Crippen LogP contribution in [0.2, 0.25) is 0 Å². The van der Waals surface area contributed by atoms with Crippen LogP contribution in [0.1, 0.15) is 19.8 Å². The first-order valence-electron chi connectivity index (χ1n) is 4.19. The maximum atomic E-state index is 11.3. The Morgan fingerprint density at radius 2 is 2.33 bits per heavy atom. The maximum Gasteiger partial charge on any atom is 0.335 e. The van der Waals surface area contributed by atoms with Crippen LogP contribution in [0.15, 0.2) is 11.3 Å². The third kappa shape index (κ3) is 1.44. The van der Waals surface area contributed by atoms with E-state index < -0.39 is 0 Å². The minimum Gasteiger partial charge on any atom is -0.466 e. The Balaban J connectivity index is 2.87. The van der Waals surface area contributed by atoms with Gasteiger partial charge in [0.15, 0.2) is 0 Å². The zero-order chi connectivity index (χ0) is 9.14. The molecule has 3 heteroatoms. The molecule has 0 aliphatic heterocycles. The predicted octanol–water partition coefficient (Wildman–Crippen LogP) is 1.06. The van der Waals surface area contributed by atoms with Crippen LogP contribution in [0.5, 0.6) is 0 Å². The summed E-state index contributed by atoms with van der Waals surface area (Å²) in [6, 6.07) is 0. The number of allylic oxidation sites excluding steroid dienone is 1. The Labute approximate surface area is 72.8 Å². The average Bonchev–Trinajstić information content (AvgIpc) is 2.45. The van der Waals surface area contributed by atoms with Crippen molar-refractivity contribution in [1.29, 1.82) is 0 Å². The molecule has 12 heavy (non-hydrogen) atoms. The molecule has 0 heterocycles. The van der Waals surface area contributed by atoms with Crippen molar-refractivity contribution in [2.45, 2.75) is 19.8 Å². The third-order valence-electron chi connectivity index (χ3n) is 2.35. The number of carbonyl (C=O) groups is 1. The first kappa shape index (κ1) is 9.10. The van der Waals surface area contributed by atoms with Crippen LogP contribution in [0.3, 0.4) is 0 Å². The largest absolute Gasteiger partial charge is 0.466 e. The summed E-state index contributed by atoms with van der Waals surface area (Å²) in [6.45, 7) is 2.05. The molecule has 0 aromatic rings. The third-order valence-corrected chi connectivity index (χ3v) is 2.35. The van der Waals surface area contributed by atoms with Gasteiger partial charge in [0.2, 0.25) is 0 Å². The van der Waals surface area contributed by atoms with Crippen molar-refractivity contribution < 1.29 is 9.53 Å². The van der Waals surface area contributed by atoms with Gasteiger partial charge in [0.1, 0.15) is 0 Å². The molecule has 0 aromatic heterocycles. The number of methoxy groups -OCH3 is 1. The van der Waals surface area contributed by atoms with Gasteiger partial charge in [-0.25, -0.2) is 4.79 Å². The molecule has 1 unspecified atom stereocenters. The van der Waals surface area contributed by atoms with E-state index in [0.717, 1.165) is 24.1 Å². The summed E-state index contributed by atoms with van der Waals surface area (Å²) in [4.78, 5) is 11.3. The summed E-state index contributed by atoms with van der Waals surface area (Å²) in [5.41, 5.74) is 1.86. The second-order valence-electron chi connectivity index (χ2n) is 3.07. The van der Waals surface area contributed by atoms with Crippen molar-refractivity contribution in [1.82, 2.24) is 5.32 Å². The standard InChI is InChI=1S/C9H15NO2/c1-6-4-5-7(10-2)8(6)9(11)12-3/h6,10H,4-5H2,1-3H3. The van der Waals surface area contributed by atoms with E-state index in [9.17, 15) is 4.79 Å². The number of rotatable bonds is 2. The second-order valence-corrected chi connectivity index (χ2v) is 3.07. The second kappa shape index (κ2) is 3.61. The van der Waals surface area contributed by atoms with Crippen molar-refractivity contribution >= 4 is 5.97 Å². The van der Waals surface area contributed by atoms with Gasteiger partial charge in [0, 0.05) is 12.7 Å². The highest BCUT2D eigenvalue weighted by Gasteiger charge is 2.27. The van der Waals surface area contributed by atoms with E-state index >= 15 is 0 Å². The van der Waals surface area contributed by atoms with Crippen molar-refractivity contribution in [3.63, 3.8) is 0 Å². The highest BCUT2D eigenvalue weighted by atomic mass is 16.5. The molecule has 1 atom stereocenters. The lowest BCUT2D eigenvalue weighted by Crippen LogP contribution is -2.14. The molecule has 0 fully saturated rings. The molecule has 1 rings (SSSR count). The summed E-state index contributed by atoms with van der Waals surface area (Å²) < 4.78 is 4.70. The number of nitrogens with one attached hydrogen (secondary N) is 1. The average molecular weight is 169 g/mol.